The third-order valence-electron chi connectivity index (χ3n) is 8.33. The van der Waals surface area contributed by atoms with Crippen molar-refractivity contribution in [3.8, 4) is 11.3 Å². The van der Waals surface area contributed by atoms with Crippen LogP contribution in [0.25, 0.3) is 34.3 Å². The first-order chi connectivity index (χ1) is 22.8. The highest BCUT2D eigenvalue weighted by molar-refractivity contribution is 9.10. The topological polar surface area (TPSA) is 116 Å². The first kappa shape index (κ1) is 30.4. The van der Waals surface area contributed by atoms with E-state index in [1.165, 1.54) is 10.9 Å². The standard InChI is InChI=1S/C35H28BrF2N7O2/c36-32-28(37)18-27(34(39)33(32)38)31-20-45(43-41-31)19-26-17-30(42-47-26)23-13-15-44(16-14-23)35(46)24-8-5-21(6-9-24)7-11-25-12-10-22-3-1-2-4-29(22)40-25/h1-12,17-18,20,23H,13-16,19,39H2/b11-7+. The molecule has 0 spiro atoms. The van der Waals surface area contributed by atoms with Gasteiger partial charge in [0, 0.05) is 41.6 Å². The number of aromatic nitrogens is 5. The van der Waals surface area contributed by atoms with Crippen LogP contribution in [0.3, 0.4) is 0 Å². The number of carbonyl (C=O) groups excluding carboxylic acids is 1. The average Bonchev–Trinajstić information content (AvgIpc) is 3.78. The zero-order valence-electron chi connectivity index (χ0n) is 25.0. The average molecular weight is 697 g/mol. The molecule has 0 atom stereocenters. The minimum Gasteiger partial charge on any atom is -0.396 e. The van der Waals surface area contributed by atoms with Gasteiger partial charge in [0.1, 0.15) is 18.1 Å². The lowest BCUT2D eigenvalue weighted by Gasteiger charge is -2.31. The van der Waals surface area contributed by atoms with Crippen LogP contribution < -0.4 is 5.73 Å². The number of anilines is 1. The second-order valence-electron chi connectivity index (χ2n) is 11.4. The van der Waals surface area contributed by atoms with Crippen LogP contribution in [0.5, 0.6) is 0 Å². The molecule has 0 saturated carbocycles. The predicted molar refractivity (Wildman–Crippen MR) is 178 cm³/mol. The molecule has 1 aliphatic rings. The molecule has 4 heterocycles. The summed E-state index contributed by atoms with van der Waals surface area (Å²) < 4.78 is 35.0. The number of benzene rings is 3. The Balaban J connectivity index is 0.932. The summed E-state index contributed by atoms with van der Waals surface area (Å²) in [7, 11) is 0. The van der Waals surface area contributed by atoms with Crippen molar-refractivity contribution < 1.29 is 18.1 Å². The van der Waals surface area contributed by atoms with Crippen LogP contribution in [0.15, 0.2) is 88.0 Å². The number of nitrogens with zero attached hydrogens (tertiary/aromatic N) is 6. The van der Waals surface area contributed by atoms with Gasteiger partial charge in [0.25, 0.3) is 5.91 Å². The molecule has 7 rings (SSSR count). The Bertz CT molecular complexity index is 2120. The monoisotopic (exact) mass is 695 g/mol. The van der Waals surface area contributed by atoms with Gasteiger partial charge in [0.05, 0.1) is 33.3 Å². The number of para-hydroxylation sites is 1. The van der Waals surface area contributed by atoms with E-state index >= 15 is 0 Å². The van der Waals surface area contributed by atoms with Gasteiger partial charge in [0.15, 0.2) is 11.6 Å². The molecule has 0 bridgehead atoms. The zero-order valence-corrected chi connectivity index (χ0v) is 26.6. The molecule has 1 saturated heterocycles. The summed E-state index contributed by atoms with van der Waals surface area (Å²) in [5.41, 5.74) is 10.2. The van der Waals surface area contributed by atoms with Crippen molar-refractivity contribution in [2.75, 3.05) is 18.8 Å². The summed E-state index contributed by atoms with van der Waals surface area (Å²) in [5.74, 6) is -0.969. The summed E-state index contributed by atoms with van der Waals surface area (Å²) in [4.78, 5) is 19.8. The van der Waals surface area contributed by atoms with Crippen molar-refractivity contribution in [1.82, 2.24) is 30.0 Å². The van der Waals surface area contributed by atoms with Crippen molar-refractivity contribution in [2.24, 2.45) is 0 Å². The van der Waals surface area contributed by atoms with Crippen LogP contribution in [0.4, 0.5) is 14.5 Å². The molecule has 0 aliphatic carbocycles. The lowest BCUT2D eigenvalue weighted by atomic mass is 9.93. The Morgan fingerprint density at radius 3 is 2.62 bits per heavy atom. The molecule has 47 heavy (non-hydrogen) atoms. The number of likely N-dealkylation sites (tertiary alicyclic amines) is 1. The Kier molecular flexibility index (Phi) is 8.33. The van der Waals surface area contributed by atoms with Crippen LogP contribution in [0, 0.1) is 11.6 Å². The van der Waals surface area contributed by atoms with Gasteiger partial charge < -0.3 is 15.2 Å². The van der Waals surface area contributed by atoms with Gasteiger partial charge in [-0.05, 0) is 70.7 Å². The van der Waals surface area contributed by atoms with Crippen LogP contribution in [-0.2, 0) is 6.54 Å². The zero-order chi connectivity index (χ0) is 32.5. The molecule has 1 fully saturated rings. The fourth-order valence-corrected chi connectivity index (χ4v) is 6.06. The molecule has 3 aromatic heterocycles. The molecule has 1 aliphatic heterocycles. The van der Waals surface area contributed by atoms with Crippen molar-refractivity contribution in [3.63, 3.8) is 0 Å². The number of rotatable bonds is 7. The highest BCUT2D eigenvalue weighted by Crippen LogP contribution is 2.33. The molecule has 0 radical (unpaired) electrons. The van der Waals surface area contributed by atoms with Crippen LogP contribution in [-0.4, -0.2) is 49.0 Å². The lowest BCUT2D eigenvalue weighted by Crippen LogP contribution is -2.38. The molecular weight excluding hydrogens is 668 g/mol. The lowest BCUT2D eigenvalue weighted by molar-refractivity contribution is 0.0711. The maximum atomic E-state index is 14.2. The molecule has 0 unspecified atom stereocenters. The first-order valence-corrected chi connectivity index (χ1v) is 15.8. The number of carbonyl (C=O) groups is 1. The van der Waals surface area contributed by atoms with Crippen LogP contribution in [0.1, 0.15) is 51.8 Å². The maximum absolute atomic E-state index is 14.2. The van der Waals surface area contributed by atoms with Crippen molar-refractivity contribution in [1.29, 1.82) is 0 Å². The molecule has 9 nitrogen and oxygen atoms in total. The van der Waals surface area contributed by atoms with Gasteiger partial charge in [-0.25, -0.2) is 18.4 Å². The smallest absolute Gasteiger partial charge is 0.253 e. The molecule has 2 N–H and O–H groups in total. The van der Waals surface area contributed by atoms with Crippen LogP contribution >= 0.6 is 15.9 Å². The number of hydrogen-bond acceptors (Lipinski definition) is 7. The van der Waals surface area contributed by atoms with Gasteiger partial charge >= 0.3 is 0 Å². The SMILES string of the molecule is Nc1c(-c2cn(Cc3cc(C4CCN(C(=O)c5ccc(/C=C/c6ccc7ccccc7n6)cc5)CC4)no3)nn2)cc(F)c(Br)c1F. The summed E-state index contributed by atoms with van der Waals surface area (Å²) >= 11 is 2.85. The predicted octanol–water partition coefficient (Wildman–Crippen LogP) is 7.34. The van der Waals surface area contributed by atoms with E-state index in [1.54, 1.807) is 0 Å². The summed E-state index contributed by atoms with van der Waals surface area (Å²) in [6.07, 6.45) is 7.01. The number of amides is 1. The Morgan fingerprint density at radius 1 is 1.02 bits per heavy atom. The normalized spacial score (nSPS) is 14.0. The third-order valence-corrected chi connectivity index (χ3v) is 9.06. The van der Waals surface area contributed by atoms with Gasteiger partial charge in [0.2, 0.25) is 0 Å². The second kappa shape index (κ2) is 12.9. The summed E-state index contributed by atoms with van der Waals surface area (Å²) in [6.45, 7) is 1.44. The van der Waals surface area contributed by atoms with Crippen molar-refractivity contribution in [2.45, 2.75) is 25.3 Å². The van der Waals surface area contributed by atoms with E-state index in [0.717, 1.165) is 46.8 Å². The molecule has 6 aromatic rings. The number of pyridine rings is 1. The van der Waals surface area contributed by atoms with Gasteiger partial charge in [-0.3, -0.25) is 4.79 Å². The molecule has 1 amide bonds. The van der Waals surface area contributed by atoms with Crippen LogP contribution in [0.2, 0.25) is 0 Å². The maximum Gasteiger partial charge on any atom is 0.253 e. The molecular formula is C35H28BrF2N7O2. The number of fused-ring (bicyclic) bond motifs is 1. The van der Waals surface area contributed by atoms with E-state index in [4.69, 9.17) is 10.3 Å². The largest absolute Gasteiger partial charge is 0.396 e. The van der Waals surface area contributed by atoms with E-state index in [0.29, 0.717) is 24.4 Å². The van der Waals surface area contributed by atoms with E-state index in [2.05, 4.69) is 42.4 Å². The fraction of sp³-hybridized carbons (Fsp3) is 0.171. The first-order valence-electron chi connectivity index (χ1n) is 15.0. The Morgan fingerprint density at radius 2 is 1.81 bits per heavy atom. The van der Waals surface area contributed by atoms with Crippen molar-refractivity contribution >= 4 is 50.6 Å². The minimum atomic E-state index is -0.890. The summed E-state index contributed by atoms with van der Waals surface area (Å²) in [5, 5.41) is 13.4. The molecule has 236 valence electrons. The quantitative estimate of drug-likeness (QED) is 0.137. The van der Waals surface area contributed by atoms with E-state index in [9.17, 15) is 13.6 Å². The van der Waals surface area contributed by atoms with E-state index < -0.39 is 11.6 Å². The summed E-state index contributed by atoms with van der Waals surface area (Å²) in [6, 6.07) is 22.6. The third kappa shape index (κ3) is 6.41. The van der Waals surface area contributed by atoms with Crippen molar-refractivity contribution in [3.05, 3.63) is 123 Å². The molecule has 3 aromatic carbocycles. The molecule has 12 heteroatoms. The van der Waals surface area contributed by atoms with E-state index in [1.807, 2.05) is 77.7 Å². The van der Waals surface area contributed by atoms with E-state index in [-0.39, 0.29) is 39.8 Å². The highest BCUT2D eigenvalue weighted by atomic mass is 79.9. The number of piperidine rings is 1. The highest BCUT2D eigenvalue weighted by Gasteiger charge is 2.27. The number of hydrogen-bond donors (Lipinski definition) is 1. The Labute approximate surface area is 276 Å². The second-order valence-corrected chi connectivity index (χ2v) is 12.2. The van der Waals surface area contributed by atoms with Gasteiger partial charge in [-0.2, -0.15) is 0 Å². The number of nitrogens with two attached hydrogens (primary N) is 1. The number of nitrogen functional groups attached to an aromatic ring is 1. The fourth-order valence-electron chi connectivity index (χ4n) is 5.73. The number of halogens is 3. The van der Waals surface area contributed by atoms with Gasteiger partial charge in [-0.1, -0.05) is 52.8 Å². The Hall–Kier alpha value is -5.23. The van der Waals surface area contributed by atoms with Gasteiger partial charge in [-0.15, -0.1) is 5.10 Å². The minimum absolute atomic E-state index is 0.00387.